The molecule has 0 spiro atoms. The first-order valence-corrected chi connectivity index (χ1v) is 4.05. The molecule has 0 amide bonds. The Morgan fingerprint density at radius 3 is 2.18 bits per heavy atom. The summed E-state index contributed by atoms with van der Waals surface area (Å²) in [6.45, 7) is 15.8. The molecular weight excluding hydrogens is 132 g/mol. The molecule has 0 aliphatic rings. The lowest BCUT2D eigenvalue weighted by Crippen LogP contribution is -1.92. The predicted molar refractivity (Wildman–Crippen MR) is 52.5 cm³/mol. The molecule has 0 aliphatic heterocycles. The molecular formula is C11H18. The van der Waals surface area contributed by atoms with Gasteiger partial charge in [0.2, 0.25) is 0 Å². The zero-order valence-electron chi connectivity index (χ0n) is 7.69. The highest BCUT2D eigenvalue weighted by atomic mass is 14.0. The molecule has 0 aromatic heterocycles. The fourth-order valence-electron chi connectivity index (χ4n) is 0.712. The second-order valence-corrected chi connectivity index (χ2v) is 3.18. The van der Waals surface area contributed by atoms with Crippen molar-refractivity contribution < 1.29 is 0 Å². The lowest BCUT2D eigenvalue weighted by Gasteiger charge is -2.08. The maximum absolute atomic E-state index is 3.99. The van der Waals surface area contributed by atoms with Gasteiger partial charge in [-0.2, -0.15) is 0 Å². The molecule has 11 heavy (non-hydrogen) atoms. The van der Waals surface area contributed by atoms with Crippen molar-refractivity contribution in [3.63, 3.8) is 0 Å². The summed E-state index contributed by atoms with van der Waals surface area (Å²) in [5.74, 6) is 0.590. The summed E-state index contributed by atoms with van der Waals surface area (Å²) in [6.07, 6.45) is 3.86. The van der Waals surface area contributed by atoms with Crippen molar-refractivity contribution in [2.45, 2.75) is 26.7 Å². The molecule has 62 valence electrons. The Morgan fingerprint density at radius 1 is 1.27 bits per heavy atom. The van der Waals surface area contributed by atoms with E-state index in [4.69, 9.17) is 0 Å². The zero-order valence-corrected chi connectivity index (χ0v) is 7.69. The van der Waals surface area contributed by atoms with Gasteiger partial charge in [-0.3, -0.25) is 0 Å². The molecule has 0 nitrogen and oxygen atoms in total. The van der Waals surface area contributed by atoms with Gasteiger partial charge < -0.3 is 0 Å². The van der Waals surface area contributed by atoms with Crippen LogP contribution in [0.15, 0.2) is 37.0 Å². The monoisotopic (exact) mass is 150 g/mol. The van der Waals surface area contributed by atoms with Gasteiger partial charge in [-0.25, -0.2) is 0 Å². The number of allylic oxidation sites excluding steroid dienone is 3. The Kier molecular flexibility index (Phi) is 4.60. The quantitative estimate of drug-likeness (QED) is 0.414. The van der Waals surface area contributed by atoms with Gasteiger partial charge in [0.05, 0.1) is 0 Å². The average molecular weight is 150 g/mol. The van der Waals surface area contributed by atoms with Crippen molar-refractivity contribution in [2.24, 2.45) is 5.92 Å². The van der Waals surface area contributed by atoms with Crippen LogP contribution in [-0.2, 0) is 0 Å². The second-order valence-electron chi connectivity index (χ2n) is 3.18. The Morgan fingerprint density at radius 2 is 1.82 bits per heavy atom. The van der Waals surface area contributed by atoms with Gasteiger partial charge in [0.25, 0.3) is 0 Å². The molecule has 0 aromatic carbocycles. The van der Waals surface area contributed by atoms with Crippen LogP contribution in [0.3, 0.4) is 0 Å². The smallest absolute Gasteiger partial charge is 0.0248 e. The standard InChI is InChI=1S/C11H18/c1-6-10(4)7-8-11(5)9(2)3/h6,9H,1,4-5,7-8H2,2-3H3. The van der Waals surface area contributed by atoms with Crippen LogP contribution in [0.4, 0.5) is 0 Å². The Hall–Kier alpha value is -0.780. The summed E-state index contributed by atoms with van der Waals surface area (Å²) >= 11 is 0. The molecule has 0 heteroatoms. The normalized spacial score (nSPS) is 9.73. The molecule has 0 N–H and O–H groups in total. The van der Waals surface area contributed by atoms with E-state index in [2.05, 4.69) is 33.6 Å². The maximum atomic E-state index is 3.99. The van der Waals surface area contributed by atoms with Gasteiger partial charge in [-0.05, 0) is 18.8 Å². The van der Waals surface area contributed by atoms with E-state index in [1.807, 2.05) is 6.08 Å². The van der Waals surface area contributed by atoms with Crippen molar-refractivity contribution in [3.05, 3.63) is 37.0 Å². The average Bonchev–Trinajstić information content (AvgIpc) is 1.99. The van der Waals surface area contributed by atoms with Crippen LogP contribution in [0.1, 0.15) is 26.7 Å². The van der Waals surface area contributed by atoms with Crippen LogP contribution < -0.4 is 0 Å². The summed E-state index contributed by atoms with van der Waals surface area (Å²) in [6, 6.07) is 0. The van der Waals surface area contributed by atoms with Crippen molar-refractivity contribution in [1.29, 1.82) is 0 Å². The highest BCUT2D eigenvalue weighted by Crippen LogP contribution is 2.16. The minimum Gasteiger partial charge on any atom is -0.0996 e. The Balaban J connectivity index is 3.62. The lowest BCUT2D eigenvalue weighted by molar-refractivity contribution is 0.715. The van der Waals surface area contributed by atoms with Gasteiger partial charge in [-0.15, -0.1) is 0 Å². The molecule has 0 heterocycles. The van der Waals surface area contributed by atoms with Crippen LogP contribution in [0.2, 0.25) is 0 Å². The van der Waals surface area contributed by atoms with E-state index in [-0.39, 0.29) is 0 Å². The van der Waals surface area contributed by atoms with E-state index in [0.29, 0.717) is 5.92 Å². The molecule has 0 aromatic rings. The van der Waals surface area contributed by atoms with E-state index in [1.54, 1.807) is 0 Å². The van der Waals surface area contributed by atoms with Gasteiger partial charge >= 0.3 is 0 Å². The first kappa shape index (κ1) is 10.2. The van der Waals surface area contributed by atoms with Crippen LogP contribution in [0.5, 0.6) is 0 Å². The highest BCUT2D eigenvalue weighted by Gasteiger charge is 1.99. The molecule has 0 fully saturated rings. The first-order valence-electron chi connectivity index (χ1n) is 4.05. The molecule has 0 saturated heterocycles. The highest BCUT2D eigenvalue weighted by molar-refractivity contribution is 5.13. The van der Waals surface area contributed by atoms with E-state index in [9.17, 15) is 0 Å². The molecule has 0 unspecified atom stereocenters. The van der Waals surface area contributed by atoms with Crippen LogP contribution >= 0.6 is 0 Å². The predicted octanol–water partition coefficient (Wildman–Crippen LogP) is 3.72. The van der Waals surface area contributed by atoms with Gasteiger partial charge in [0, 0.05) is 0 Å². The number of hydrogen-bond donors (Lipinski definition) is 0. The third-order valence-electron chi connectivity index (χ3n) is 1.87. The topological polar surface area (TPSA) is 0 Å². The minimum atomic E-state index is 0.590. The van der Waals surface area contributed by atoms with E-state index < -0.39 is 0 Å². The second kappa shape index (κ2) is 4.95. The SMILES string of the molecule is C=CC(=C)CCC(=C)C(C)C. The Bertz CT molecular complexity index is 161. The summed E-state index contributed by atoms with van der Waals surface area (Å²) in [7, 11) is 0. The van der Waals surface area contributed by atoms with E-state index in [0.717, 1.165) is 18.4 Å². The van der Waals surface area contributed by atoms with Crippen molar-refractivity contribution in [3.8, 4) is 0 Å². The first-order chi connectivity index (χ1) is 5.07. The van der Waals surface area contributed by atoms with E-state index >= 15 is 0 Å². The van der Waals surface area contributed by atoms with Crippen molar-refractivity contribution in [1.82, 2.24) is 0 Å². The van der Waals surface area contributed by atoms with Crippen LogP contribution in [0.25, 0.3) is 0 Å². The van der Waals surface area contributed by atoms with Gasteiger partial charge in [-0.1, -0.05) is 50.8 Å². The number of hydrogen-bond acceptors (Lipinski definition) is 0. The number of rotatable bonds is 5. The van der Waals surface area contributed by atoms with Gasteiger partial charge in [0.1, 0.15) is 0 Å². The summed E-state index contributed by atoms with van der Waals surface area (Å²) in [5.41, 5.74) is 2.40. The van der Waals surface area contributed by atoms with Crippen molar-refractivity contribution >= 4 is 0 Å². The fraction of sp³-hybridized carbons (Fsp3) is 0.455. The fourth-order valence-corrected chi connectivity index (χ4v) is 0.712. The summed E-state index contributed by atoms with van der Waals surface area (Å²) in [5, 5.41) is 0. The van der Waals surface area contributed by atoms with E-state index in [1.165, 1.54) is 5.57 Å². The minimum absolute atomic E-state index is 0.590. The molecule has 0 radical (unpaired) electrons. The van der Waals surface area contributed by atoms with Crippen molar-refractivity contribution in [2.75, 3.05) is 0 Å². The van der Waals surface area contributed by atoms with Crippen LogP contribution in [-0.4, -0.2) is 0 Å². The summed E-state index contributed by atoms with van der Waals surface area (Å²) in [4.78, 5) is 0. The third-order valence-corrected chi connectivity index (χ3v) is 1.87. The third kappa shape index (κ3) is 4.60. The molecule has 0 bridgehead atoms. The van der Waals surface area contributed by atoms with Crippen LogP contribution in [0, 0.1) is 5.92 Å². The molecule has 0 rings (SSSR count). The molecule has 0 aliphatic carbocycles. The zero-order chi connectivity index (χ0) is 8.85. The Labute approximate surface area is 70.3 Å². The summed E-state index contributed by atoms with van der Waals surface area (Å²) < 4.78 is 0. The largest absolute Gasteiger partial charge is 0.0996 e. The molecule has 0 atom stereocenters. The van der Waals surface area contributed by atoms with Gasteiger partial charge in [0.15, 0.2) is 0 Å². The lowest BCUT2D eigenvalue weighted by atomic mass is 9.98. The molecule has 0 saturated carbocycles. The maximum Gasteiger partial charge on any atom is -0.0248 e.